The predicted octanol–water partition coefficient (Wildman–Crippen LogP) is 4.59. The Morgan fingerprint density at radius 3 is 2.45 bits per heavy atom. The van der Waals surface area contributed by atoms with Crippen LogP contribution in [-0.4, -0.2) is 46.9 Å². The van der Waals surface area contributed by atoms with Crippen LogP contribution in [0.5, 0.6) is 0 Å². The van der Waals surface area contributed by atoms with Gasteiger partial charge in [-0.15, -0.1) is 0 Å². The first-order chi connectivity index (χ1) is 14.9. The van der Waals surface area contributed by atoms with Crippen LogP contribution in [0.3, 0.4) is 0 Å². The molecule has 2 aromatic carbocycles. The van der Waals surface area contributed by atoms with E-state index in [2.05, 4.69) is 30.1 Å². The minimum Gasteiger partial charge on any atom is -0.372 e. The molecule has 162 valence electrons. The number of hydrogen-bond donors (Lipinski definition) is 1. The van der Waals surface area contributed by atoms with Crippen LogP contribution < -0.4 is 10.2 Å². The quantitative estimate of drug-likeness (QED) is 0.590. The Kier molecular flexibility index (Phi) is 6.43. The lowest BCUT2D eigenvalue weighted by Gasteiger charge is -2.36. The maximum Gasteiger partial charge on any atom is 0.234 e. The molecule has 0 unspecified atom stereocenters. The van der Waals surface area contributed by atoms with E-state index in [1.54, 1.807) is 0 Å². The van der Waals surface area contributed by atoms with E-state index in [-0.39, 0.29) is 23.9 Å². The van der Waals surface area contributed by atoms with Crippen molar-refractivity contribution in [3.8, 4) is 0 Å². The van der Waals surface area contributed by atoms with Crippen molar-refractivity contribution < 1.29 is 9.53 Å². The first kappa shape index (κ1) is 21.6. The Morgan fingerprint density at radius 2 is 1.77 bits per heavy atom. The number of rotatable bonds is 5. The van der Waals surface area contributed by atoms with E-state index < -0.39 is 0 Å². The molecule has 4 rings (SSSR count). The summed E-state index contributed by atoms with van der Waals surface area (Å²) >= 11 is 1.43. The molecule has 0 aliphatic carbocycles. The largest absolute Gasteiger partial charge is 0.372 e. The number of thioether (sulfide) groups is 1. The van der Waals surface area contributed by atoms with E-state index in [4.69, 9.17) is 14.7 Å². The number of morpholine rings is 1. The molecule has 1 amide bonds. The van der Waals surface area contributed by atoms with Gasteiger partial charge >= 0.3 is 0 Å². The molecular weight excluding hydrogens is 408 g/mol. The van der Waals surface area contributed by atoms with Gasteiger partial charge in [0, 0.05) is 18.8 Å². The number of para-hydroxylation sites is 2. The van der Waals surface area contributed by atoms with Crippen LogP contribution in [0.25, 0.3) is 11.0 Å². The predicted molar refractivity (Wildman–Crippen MR) is 127 cm³/mol. The maximum absolute atomic E-state index is 12.7. The summed E-state index contributed by atoms with van der Waals surface area (Å²) in [5.41, 5.74) is 4.76. The van der Waals surface area contributed by atoms with Gasteiger partial charge in [0.1, 0.15) is 5.03 Å². The fourth-order valence-electron chi connectivity index (χ4n) is 3.90. The zero-order chi connectivity index (χ0) is 22.0. The van der Waals surface area contributed by atoms with Gasteiger partial charge < -0.3 is 15.0 Å². The second kappa shape index (κ2) is 9.24. The van der Waals surface area contributed by atoms with Gasteiger partial charge in [-0.2, -0.15) is 0 Å². The Labute approximate surface area is 187 Å². The van der Waals surface area contributed by atoms with Crippen molar-refractivity contribution in [3.63, 3.8) is 0 Å². The number of nitrogens with zero attached hydrogens (tertiary/aromatic N) is 3. The van der Waals surface area contributed by atoms with Crippen molar-refractivity contribution in [1.29, 1.82) is 0 Å². The SMILES string of the molecule is Cc1ccc(NC(=O)CSc2nc3ccccc3nc2N2C[C@@H](C)O[C@@H](C)C2)c(C)c1. The molecule has 0 spiro atoms. The zero-order valence-electron chi connectivity index (χ0n) is 18.4. The number of carbonyl (C=O) groups is 1. The number of amides is 1. The summed E-state index contributed by atoms with van der Waals surface area (Å²) in [5, 5.41) is 3.79. The summed E-state index contributed by atoms with van der Waals surface area (Å²) in [6, 6.07) is 13.9. The normalized spacial score (nSPS) is 18.9. The van der Waals surface area contributed by atoms with Crippen LogP contribution in [-0.2, 0) is 9.53 Å². The third-order valence-corrected chi connectivity index (χ3v) is 6.19. The molecule has 1 aliphatic heterocycles. The van der Waals surface area contributed by atoms with Crippen LogP contribution in [0.4, 0.5) is 11.5 Å². The number of ether oxygens (including phenoxy) is 1. The minimum absolute atomic E-state index is 0.0541. The monoisotopic (exact) mass is 436 g/mol. The Balaban J connectivity index is 1.56. The van der Waals surface area contributed by atoms with Crippen molar-refractivity contribution in [3.05, 3.63) is 53.6 Å². The lowest BCUT2D eigenvalue weighted by molar-refractivity contribution is -0.113. The molecule has 2 heterocycles. The van der Waals surface area contributed by atoms with Gasteiger partial charge in [0.2, 0.25) is 5.91 Å². The number of hydrogen-bond acceptors (Lipinski definition) is 6. The molecule has 1 saturated heterocycles. The van der Waals surface area contributed by atoms with E-state index in [0.29, 0.717) is 0 Å². The fraction of sp³-hybridized carbons (Fsp3) is 0.375. The molecule has 6 nitrogen and oxygen atoms in total. The third-order valence-electron chi connectivity index (χ3n) is 5.24. The Morgan fingerprint density at radius 1 is 1.10 bits per heavy atom. The van der Waals surface area contributed by atoms with Crippen LogP contribution in [0.1, 0.15) is 25.0 Å². The molecule has 1 N–H and O–H groups in total. The average Bonchev–Trinajstić information content (AvgIpc) is 2.73. The van der Waals surface area contributed by atoms with Crippen LogP contribution in [0.2, 0.25) is 0 Å². The van der Waals surface area contributed by atoms with Crippen molar-refractivity contribution >= 4 is 40.2 Å². The van der Waals surface area contributed by atoms with Gasteiger partial charge in [-0.3, -0.25) is 4.79 Å². The van der Waals surface area contributed by atoms with Crippen LogP contribution in [0.15, 0.2) is 47.5 Å². The number of fused-ring (bicyclic) bond motifs is 1. The molecule has 3 aromatic rings. The van der Waals surface area contributed by atoms with Gasteiger partial charge in [0.25, 0.3) is 0 Å². The van der Waals surface area contributed by atoms with E-state index in [9.17, 15) is 4.79 Å². The smallest absolute Gasteiger partial charge is 0.234 e. The van der Waals surface area contributed by atoms with E-state index in [1.807, 2.05) is 50.2 Å². The molecule has 1 aliphatic rings. The van der Waals surface area contributed by atoms with Gasteiger partial charge in [-0.1, -0.05) is 41.6 Å². The van der Waals surface area contributed by atoms with Crippen LogP contribution >= 0.6 is 11.8 Å². The van der Waals surface area contributed by atoms with E-state index in [1.165, 1.54) is 17.3 Å². The molecule has 0 radical (unpaired) electrons. The lowest BCUT2D eigenvalue weighted by atomic mass is 10.1. The minimum atomic E-state index is -0.0541. The Bertz CT molecular complexity index is 1090. The number of benzene rings is 2. The van der Waals surface area contributed by atoms with Crippen molar-refractivity contribution in [2.24, 2.45) is 0 Å². The molecule has 1 aromatic heterocycles. The highest BCUT2D eigenvalue weighted by molar-refractivity contribution is 8.00. The van der Waals surface area contributed by atoms with Gasteiger partial charge in [0.05, 0.1) is 29.0 Å². The number of aromatic nitrogens is 2. The van der Waals surface area contributed by atoms with Gasteiger partial charge in [0.15, 0.2) is 5.82 Å². The molecule has 2 atom stereocenters. The molecule has 0 saturated carbocycles. The number of anilines is 2. The first-order valence-electron chi connectivity index (χ1n) is 10.6. The molecule has 7 heteroatoms. The summed E-state index contributed by atoms with van der Waals surface area (Å²) in [5.74, 6) is 1.04. The maximum atomic E-state index is 12.7. The van der Waals surface area contributed by atoms with Gasteiger partial charge in [-0.25, -0.2) is 9.97 Å². The Hall–Kier alpha value is -2.64. The third kappa shape index (κ3) is 5.17. The molecule has 31 heavy (non-hydrogen) atoms. The second-order valence-corrected chi connectivity index (χ2v) is 9.12. The van der Waals surface area contributed by atoms with E-state index in [0.717, 1.165) is 46.2 Å². The van der Waals surface area contributed by atoms with E-state index >= 15 is 0 Å². The van der Waals surface area contributed by atoms with Crippen LogP contribution in [0, 0.1) is 13.8 Å². The number of carbonyl (C=O) groups excluding carboxylic acids is 1. The summed E-state index contributed by atoms with van der Waals surface area (Å²) < 4.78 is 5.89. The first-order valence-corrected chi connectivity index (χ1v) is 11.5. The molecule has 1 fully saturated rings. The van der Waals surface area contributed by atoms with Crippen molar-refractivity contribution in [2.45, 2.75) is 44.9 Å². The lowest BCUT2D eigenvalue weighted by Crippen LogP contribution is -2.46. The van der Waals surface area contributed by atoms with Crippen molar-refractivity contribution in [2.75, 3.05) is 29.1 Å². The molecular formula is C24H28N4O2S. The number of nitrogens with one attached hydrogen (secondary N) is 1. The fourth-order valence-corrected chi connectivity index (χ4v) is 4.71. The summed E-state index contributed by atoms with van der Waals surface area (Å²) in [7, 11) is 0. The average molecular weight is 437 g/mol. The van der Waals surface area contributed by atoms with Crippen molar-refractivity contribution in [1.82, 2.24) is 9.97 Å². The molecule has 0 bridgehead atoms. The number of aryl methyl sites for hydroxylation is 2. The zero-order valence-corrected chi connectivity index (χ0v) is 19.2. The highest BCUT2D eigenvalue weighted by Gasteiger charge is 2.26. The highest BCUT2D eigenvalue weighted by Crippen LogP contribution is 2.31. The topological polar surface area (TPSA) is 67.4 Å². The second-order valence-electron chi connectivity index (χ2n) is 8.16. The standard InChI is InChI=1S/C24H28N4O2S/c1-15-9-10-19(16(2)11-15)25-22(29)14-31-24-23(28-12-17(3)30-18(4)13-28)26-20-7-5-6-8-21(20)27-24/h5-11,17-18H,12-14H2,1-4H3,(H,25,29)/t17-,18+. The summed E-state index contributed by atoms with van der Waals surface area (Å²) in [6.45, 7) is 9.69. The highest BCUT2D eigenvalue weighted by atomic mass is 32.2. The summed E-state index contributed by atoms with van der Waals surface area (Å²) in [4.78, 5) is 24.6. The summed E-state index contributed by atoms with van der Waals surface area (Å²) in [6.07, 6.45) is 0.227. The van der Waals surface area contributed by atoms with Gasteiger partial charge in [-0.05, 0) is 51.5 Å².